The first-order valence-electron chi connectivity index (χ1n) is 6.46. The molecule has 0 amide bonds. The molecular weight excluding hydrogens is 306 g/mol. The van der Waals surface area contributed by atoms with E-state index in [1.165, 1.54) is 18.4 Å². The Kier molecular flexibility index (Phi) is 4.32. The van der Waals surface area contributed by atoms with Crippen molar-refractivity contribution in [1.29, 1.82) is 0 Å². The Balaban J connectivity index is 2.32. The van der Waals surface area contributed by atoms with Gasteiger partial charge in [-0.3, -0.25) is 4.21 Å². The minimum Gasteiger partial charge on any atom is -0.266 e. The van der Waals surface area contributed by atoms with Crippen molar-refractivity contribution in [2.24, 2.45) is 0 Å². The zero-order valence-electron chi connectivity index (χ0n) is 12.2. The van der Waals surface area contributed by atoms with Gasteiger partial charge in [-0.15, -0.1) is 4.13 Å². The number of thiol groups is 1. The normalized spacial score (nSPS) is 13.1. The average Bonchev–Trinajstić information content (AvgIpc) is 2.38. The van der Waals surface area contributed by atoms with Gasteiger partial charge < -0.3 is 0 Å². The van der Waals surface area contributed by atoms with E-state index in [0.29, 0.717) is 4.90 Å². The standard InChI is InChI=1S/C15H19NO3S2/c1-12-4-8-14(9-5-12)20(3,17)16-21(18,19)15-10-6-13(2)7-11-15/h4-11,20H,1-3H3,(H,16,17). The number of hydrogen-bond donors (Lipinski definition) is 2. The molecule has 0 heterocycles. The molecule has 0 fully saturated rings. The van der Waals surface area contributed by atoms with E-state index in [1.54, 1.807) is 24.3 Å². The fourth-order valence-electron chi connectivity index (χ4n) is 1.88. The molecule has 0 spiro atoms. The molecule has 21 heavy (non-hydrogen) atoms. The largest absolute Gasteiger partial charge is 0.266 e. The lowest BCUT2D eigenvalue weighted by atomic mass is 10.2. The van der Waals surface area contributed by atoms with Gasteiger partial charge in [-0.25, -0.2) is 8.42 Å². The van der Waals surface area contributed by atoms with Crippen LogP contribution in [-0.2, 0) is 20.1 Å². The molecule has 0 atom stereocenters. The summed E-state index contributed by atoms with van der Waals surface area (Å²) in [5.74, 6) is 0. The Morgan fingerprint density at radius 2 is 1.29 bits per heavy atom. The predicted octanol–water partition coefficient (Wildman–Crippen LogP) is 2.20. The predicted molar refractivity (Wildman–Crippen MR) is 86.4 cm³/mol. The minimum absolute atomic E-state index is 0.113. The molecule has 0 saturated carbocycles. The Hall–Kier alpha value is -1.50. The van der Waals surface area contributed by atoms with Crippen molar-refractivity contribution in [3.63, 3.8) is 0 Å². The summed E-state index contributed by atoms with van der Waals surface area (Å²) in [4.78, 5) is 0.603. The lowest BCUT2D eigenvalue weighted by molar-refractivity contribution is 0.592. The van der Waals surface area contributed by atoms with Crippen LogP contribution in [0.1, 0.15) is 11.1 Å². The van der Waals surface area contributed by atoms with Crippen molar-refractivity contribution in [3.8, 4) is 0 Å². The van der Waals surface area contributed by atoms with Gasteiger partial charge in [0.2, 0.25) is 10.0 Å². The number of nitrogens with one attached hydrogen (secondary N) is 1. The van der Waals surface area contributed by atoms with Gasteiger partial charge >= 0.3 is 0 Å². The maximum atomic E-state index is 12.7. The summed E-state index contributed by atoms with van der Waals surface area (Å²) in [6, 6.07) is 13.4. The van der Waals surface area contributed by atoms with Gasteiger partial charge in [0.1, 0.15) is 0 Å². The highest BCUT2D eigenvalue weighted by Gasteiger charge is 2.22. The van der Waals surface area contributed by atoms with Crippen LogP contribution >= 0.6 is 0 Å². The maximum absolute atomic E-state index is 12.7. The third-order valence-corrected chi connectivity index (χ3v) is 7.68. The van der Waals surface area contributed by atoms with Gasteiger partial charge in [0.05, 0.1) is 4.90 Å². The lowest BCUT2D eigenvalue weighted by Gasteiger charge is -2.21. The van der Waals surface area contributed by atoms with Crippen LogP contribution in [0.4, 0.5) is 0 Å². The highest BCUT2D eigenvalue weighted by atomic mass is 32.3. The van der Waals surface area contributed by atoms with Crippen molar-refractivity contribution in [1.82, 2.24) is 4.13 Å². The average molecular weight is 325 g/mol. The quantitative estimate of drug-likeness (QED) is 0.847. The fraction of sp³-hybridized carbons (Fsp3) is 0.200. The first kappa shape index (κ1) is 15.9. The Morgan fingerprint density at radius 1 is 0.857 bits per heavy atom. The van der Waals surface area contributed by atoms with Crippen LogP contribution in [0.5, 0.6) is 0 Å². The Labute approximate surface area is 126 Å². The lowest BCUT2D eigenvalue weighted by Crippen LogP contribution is -2.35. The molecule has 2 aromatic rings. The Morgan fingerprint density at radius 3 is 1.76 bits per heavy atom. The first-order valence-corrected chi connectivity index (χ1v) is 10.1. The monoisotopic (exact) mass is 325 g/mol. The molecule has 0 aromatic heterocycles. The minimum atomic E-state index is -3.81. The van der Waals surface area contributed by atoms with Crippen LogP contribution in [0.15, 0.2) is 58.3 Å². The van der Waals surface area contributed by atoms with E-state index in [0.717, 1.165) is 11.1 Å². The summed E-state index contributed by atoms with van der Waals surface area (Å²) >= 11 is 0. The summed E-state index contributed by atoms with van der Waals surface area (Å²) in [5.41, 5.74) is 1.99. The smallest absolute Gasteiger partial charge is 0.250 e. The highest BCUT2D eigenvalue weighted by molar-refractivity contribution is 8.11. The van der Waals surface area contributed by atoms with Gasteiger partial charge in [0.25, 0.3) is 0 Å². The van der Waals surface area contributed by atoms with Crippen LogP contribution in [-0.4, -0.2) is 18.9 Å². The fourth-order valence-corrected chi connectivity index (χ4v) is 5.77. The Bertz CT molecular complexity index is 779. The van der Waals surface area contributed by atoms with E-state index in [-0.39, 0.29) is 4.90 Å². The maximum Gasteiger partial charge on any atom is 0.250 e. The first-order chi connectivity index (χ1) is 9.71. The molecule has 0 radical (unpaired) electrons. The second-order valence-corrected chi connectivity index (χ2v) is 9.74. The molecule has 6 heteroatoms. The number of aryl methyl sites for hydroxylation is 2. The van der Waals surface area contributed by atoms with Crippen LogP contribution in [0.3, 0.4) is 0 Å². The number of rotatable bonds is 4. The summed E-state index contributed by atoms with van der Waals surface area (Å²) in [6.45, 7) is 3.79. The molecule has 2 aromatic carbocycles. The van der Waals surface area contributed by atoms with E-state index >= 15 is 0 Å². The number of benzene rings is 2. The summed E-state index contributed by atoms with van der Waals surface area (Å²) < 4.78 is 39.7. The SMILES string of the molecule is Cc1ccc(S(=O)(=O)N[SH](C)(=O)c2ccc(C)cc2)cc1. The molecule has 4 nitrogen and oxygen atoms in total. The third kappa shape index (κ3) is 3.78. The summed E-state index contributed by atoms with van der Waals surface area (Å²) in [6.07, 6.45) is 1.42. The molecule has 2 rings (SSSR count). The van der Waals surface area contributed by atoms with E-state index in [1.807, 2.05) is 26.0 Å². The van der Waals surface area contributed by atoms with Crippen molar-refractivity contribution < 1.29 is 12.6 Å². The van der Waals surface area contributed by atoms with E-state index < -0.39 is 20.1 Å². The highest BCUT2D eigenvalue weighted by Crippen LogP contribution is 2.18. The summed E-state index contributed by atoms with van der Waals surface area (Å²) in [5, 5.41) is 0. The van der Waals surface area contributed by atoms with Crippen LogP contribution in [0.25, 0.3) is 0 Å². The molecule has 0 unspecified atom stereocenters. The van der Waals surface area contributed by atoms with Crippen molar-refractivity contribution in [2.75, 3.05) is 6.26 Å². The molecule has 1 N–H and O–H groups in total. The van der Waals surface area contributed by atoms with Crippen molar-refractivity contribution in [2.45, 2.75) is 23.6 Å². The molecular formula is C15H19NO3S2. The number of sulfonamides is 1. The van der Waals surface area contributed by atoms with E-state index in [4.69, 9.17) is 0 Å². The van der Waals surface area contributed by atoms with Crippen LogP contribution < -0.4 is 4.13 Å². The van der Waals surface area contributed by atoms with Gasteiger partial charge in [0, 0.05) is 11.2 Å². The van der Waals surface area contributed by atoms with Gasteiger partial charge in [0.15, 0.2) is 0 Å². The van der Waals surface area contributed by atoms with E-state index in [2.05, 4.69) is 4.13 Å². The molecule has 114 valence electrons. The molecule has 0 bridgehead atoms. The number of hydrogen-bond acceptors (Lipinski definition) is 3. The van der Waals surface area contributed by atoms with E-state index in [9.17, 15) is 12.6 Å². The zero-order valence-corrected chi connectivity index (χ0v) is 13.9. The van der Waals surface area contributed by atoms with Crippen molar-refractivity contribution >= 4 is 20.1 Å². The molecule has 0 aliphatic heterocycles. The van der Waals surface area contributed by atoms with Crippen molar-refractivity contribution in [3.05, 3.63) is 59.7 Å². The molecule has 0 aliphatic carbocycles. The van der Waals surface area contributed by atoms with Gasteiger partial charge in [-0.05, 0) is 48.2 Å². The summed E-state index contributed by atoms with van der Waals surface area (Å²) in [7, 11) is -7.01. The van der Waals surface area contributed by atoms with Gasteiger partial charge in [-0.2, -0.15) is 0 Å². The third-order valence-electron chi connectivity index (χ3n) is 3.15. The topological polar surface area (TPSA) is 63.2 Å². The van der Waals surface area contributed by atoms with Crippen LogP contribution in [0, 0.1) is 13.8 Å². The van der Waals surface area contributed by atoms with Gasteiger partial charge in [-0.1, -0.05) is 35.4 Å². The zero-order chi connectivity index (χ0) is 15.7. The molecule has 0 saturated heterocycles. The molecule has 0 aliphatic rings. The van der Waals surface area contributed by atoms with Crippen LogP contribution in [0.2, 0.25) is 0 Å². The second-order valence-electron chi connectivity index (χ2n) is 5.17. The second kappa shape index (κ2) is 5.71.